The molecule has 1 aromatic rings. The number of nitrogens with zero attached hydrogens (tertiary/aromatic N) is 1. The number of amides is 1. The van der Waals surface area contributed by atoms with E-state index in [1.165, 1.54) is 31.2 Å². The number of hydrogen-bond acceptors (Lipinski definition) is 3. The van der Waals surface area contributed by atoms with Crippen molar-refractivity contribution in [3.63, 3.8) is 0 Å². The summed E-state index contributed by atoms with van der Waals surface area (Å²) < 4.78 is 18.4. The second kappa shape index (κ2) is 6.47. The van der Waals surface area contributed by atoms with E-state index in [9.17, 15) is 14.3 Å². The van der Waals surface area contributed by atoms with Crippen LogP contribution in [0.5, 0.6) is 0 Å². The minimum atomic E-state index is -0.780. The number of rotatable bonds is 5. The second-order valence-corrected chi connectivity index (χ2v) is 4.28. The maximum Gasteiger partial charge on any atom is 0.256 e. The molecule has 1 aromatic carbocycles. The number of methoxy groups -OCH3 is 1. The van der Waals surface area contributed by atoms with Crippen LogP contribution in [0.4, 0.5) is 4.39 Å². The van der Waals surface area contributed by atoms with Crippen LogP contribution >= 0.6 is 0 Å². The Morgan fingerprint density at radius 1 is 1.56 bits per heavy atom. The highest BCUT2D eigenvalue weighted by atomic mass is 19.1. The maximum atomic E-state index is 13.6. The Balaban J connectivity index is 2.74. The summed E-state index contributed by atoms with van der Waals surface area (Å²) in [5.41, 5.74) is 0.763. The van der Waals surface area contributed by atoms with Gasteiger partial charge in [-0.2, -0.15) is 0 Å². The normalized spacial score (nSPS) is 12.3. The molecule has 0 fully saturated rings. The summed E-state index contributed by atoms with van der Waals surface area (Å²) in [6.45, 7) is 1.98. The first kappa shape index (κ1) is 14.6. The molecular weight excluding hydrogens is 237 g/mol. The lowest BCUT2D eigenvalue weighted by Crippen LogP contribution is -2.36. The number of benzene rings is 1. The Labute approximate surface area is 106 Å². The molecule has 0 spiro atoms. The summed E-state index contributed by atoms with van der Waals surface area (Å²) in [4.78, 5) is 13.2. The van der Waals surface area contributed by atoms with E-state index in [-0.39, 0.29) is 18.7 Å². The highest BCUT2D eigenvalue weighted by Crippen LogP contribution is 2.12. The van der Waals surface area contributed by atoms with Gasteiger partial charge in [0.15, 0.2) is 0 Å². The van der Waals surface area contributed by atoms with E-state index < -0.39 is 17.8 Å². The molecule has 1 rings (SSSR count). The van der Waals surface area contributed by atoms with Crippen molar-refractivity contribution in [2.45, 2.75) is 13.0 Å². The predicted molar refractivity (Wildman–Crippen MR) is 66.0 cm³/mol. The van der Waals surface area contributed by atoms with Crippen molar-refractivity contribution in [3.8, 4) is 0 Å². The number of carbonyl (C=O) groups excluding carboxylic acids is 1. The number of halogens is 1. The largest absolute Gasteiger partial charge is 0.389 e. The third-order valence-electron chi connectivity index (χ3n) is 2.55. The average Bonchev–Trinajstić information content (AvgIpc) is 2.28. The van der Waals surface area contributed by atoms with Crippen molar-refractivity contribution < 1.29 is 19.0 Å². The SMILES string of the molecule is COCC(O)CN(C)C(=O)c1ccc(C)cc1F. The average molecular weight is 255 g/mol. The van der Waals surface area contributed by atoms with Gasteiger partial charge in [-0.1, -0.05) is 6.07 Å². The van der Waals surface area contributed by atoms with Crippen molar-refractivity contribution in [1.82, 2.24) is 4.90 Å². The number of aliphatic hydroxyl groups is 1. The van der Waals surface area contributed by atoms with Gasteiger partial charge in [-0.05, 0) is 24.6 Å². The van der Waals surface area contributed by atoms with Crippen LogP contribution in [-0.2, 0) is 4.74 Å². The van der Waals surface area contributed by atoms with Crippen molar-refractivity contribution in [3.05, 3.63) is 35.1 Å². The monoisotopic (exact) mass is 255 g/mol. The Morgan fingerprint density at radius 3 is 2.78 bits per heavy atom. The Morgan fingerprint density at radius 2 is 2.22 bits per heavy atom. The third-order valence-corrected chi connectivity index (χ3v) is 2.55. The fourth-order valence-electron chi connectivity index (χ4n) is 1.64. The van der Waals surface area contributed by atoms with Crippen LogP contribution in [0.3, 0.4) is 0 Å². The van der Waals surface area contributed by atoms with Crippen LogP contribution in [-0.4, -0.2) is 49.3 Å². The molecule has 0 saturated carbocycles. The zero-order valence-corrected chi connectivity index (χ0v) is 10.8. The molecule has 1 amide bonds. The van der Waals surface area contributed by atoms with E-state index >= 15 is 0 Å². The number of carbonyl (C=O) groups is 1. The molecule has 0 aliphatic heterocycles. The minimum absolute atomic E-state index is 0.00715. The topological polar surface area (TPSA) is 49.8 Å². The summed E-state index contributed by atoms with van der Waals surface area (Å²) in [6, 6.07) is 4.44. The van der Waals surface area contributed by atoms with Gasteiger partial charge in [-0.15, -0.1) is 0 Å². The minimum Gasteiger partial charge on any atom is -0.389 e. The van der Waals surface area contributed by atoms with Crippen LogP contribution in [0.2, 0.25) is 0 Å². The van der Waals surface area contributed by atoms with Gasteiger partial charge in [0.1, 0.15) is 5.82 Å². The fraction of sp³-hybridized carbons (Fsp3) is 0.462. The molecule has 0 saturated heterocycles. The summed E-state index contributed by atoms with van der Waals surface area (Å²) in [5.74, 6) is -1.00. The Bertz CT molecular complexity index is 423. The molecule has 1 atom stereocenters. The molecule has 18 heavy (non-hydrogen) atoms. The number of aryl methyl sites for hydroxylation is 1. The summed E-state index contributed by atoms with van der Waals surface area (Å²) in [7, 11) is 2.98. The molecule has 4 nitrogen and oxygen atoms in total. The Kier molecular flexibility index (Phi) is 5.25. The van der Waals surface area contributed by atoms with Crippen LogP contribution in [0.25, 0.3) is 0 Å². The van der Waals surface area contributed by atoms with Gasteiger partial charge < -0.3 is 14.7 Å². The molecule has 0 bridgehead atoms. The molecule has 0 aliphatic carbocycles. The second-order valence-electron chi connectivity index (χ2n) is 4.28. The number of likely N-dealkylation sites (N-methyl/N-ethyl adjacent to an activating group) is 1. The third kappa shape index (κ3) is 3.78. The van der Waals surface area contributed by atoms with Crippen LogP contribution < -0.4 is 0 Å². The Hall–Kier alpha value is -1.46. The van der Waals surface area contributed by atoms with Crippen LogP contribution in [0, 0.1) is 12.7 Å². The standard InChI is InChI=1S/C13H18FNO3/c1-9-4-5-11(12(14)6-9)13(17)15(2)7-10(16)8-18-3/h4-6,10,16H,7-8H2,1-3H3. The van der Waals surface area contributed by atoms with Gasteiger partial charge in [0, 0.05) is 20.7 Å². The van der Waals surface area contributed by atoms with Gasteiger partial charge in [0.05, 0.1) is 18.3 Å². The van der Waals surface area contributed by atoms with E-state index in [1.54, 1.807) is 13.0 Å². The molecule has 0 heterocycles. The van der Waals surface area contributed by atoms with Crippen molar-refractivity contribution in [2.24, 2.45) is 0 Å². The van der Waals surface area contributed by atoms with E-state index in [1.807, 2.05) is 0 Å². The quantitative estimate of drug-likeness (QED) is 0.860. The van der Waals surface area contributed by atoms with Crippen LogP contribution in [0.1, 0.15) is 15.9 Å². The first-order chi connectivity index (χ1) is 8.45. The van der Waals surface area contributed by atoms with Gasteiger partial charge in [-0.25, -0.2) is 4.39 Å². The number of aliphatic hydroxyl groups excluding tert-OH is 1. The van der Waals surface area contributed by atoms with Crippen molar-refractivity contribution >= 4 is 5.91 Å². The molecule has 1 N–H and O–H groups in total. The highest BCUT2D eigenvalue weighted by Gasteiger charge is 2.18. The smallest absolute Gasteiger partial charge is 0.256 e. The first-order valence-corrected chi connectivity index (χ1v) is 5.64. The fourth-order valence-corrected chi connectivity index (χ4v) is 1.64. The van der Waals surface area contributed by atoms with Crippen LogP contribution in [0.15, 0.2) is 18.2 Å². The van der Waals surface area contributed by atoms with E-state index in [0.717, 1.165) is 5.56 Å². The molecule has 0 aromatic heterocycles. The summed E-state index contributed by atoms with van der Waals surface area (Å²) in [6.07, 6.45) is -0.780. The molecule has 100 valence electrons. The molecule has 1 unspecified atom stereocenters. The van der Waals surface area contributed by atoms with Crippen molar-refractivity contribution in [2.75, 3.05) is 27.3 Å². The van der Waals surface area contributed by atoms with Gasteiger partial charge >= 0.3 is 0 Å². The zero-order valence-electron chi connectivity index (χ0n) is 10.8. The highest BCUT2D eigenvalue weighted by molar-refractivity contribution is 5.94. The lowest BCUT2D eigenvalue weighted by molar-refractivity contribution is 0.0378. The lowest BCUT2D eigenvalue weighted by atomic mass is 10.1. The lowest BCUT2D eigenvalue weighted by Gasteiger charge is -2.20. The van der Waals surface area contributed by atoms with E-state index in [4.69, 9.17) is 4.74 Å². The maximum absolute atomic E-state index is 13.6. The zero-order chi connectivity index (χ0) is 13.7. The molecule has 0 radical (unpaired) electrons. The first-order valence-electron chi connectivity index (χ1n) is 5.64. The van der Waals surface area contributed by atoms with Gasteiger partial charge in [-0.3, -0.25) is 4.79 Å². The molecule has 5 heteroatoms. The van der Waals surface area contributed by atoms with E-state index in [2.05, 4.69) is 0 Å². The predicted octanol–water partition coefficient (Wildman–Crippen LogP) is 1.21. The summed E-state index contributed by atoms with van der Waals surface area (Å²) >= 11 is 0. The van der Waals surface area contributed by atoms with Gasteiger partial charge in [0.25, 0.3) is 5.91 Å². The molecule has 0 aliphatic rings. The van der Waals surface area contributed by atoms with E-state index in [0.29, 0.717) is 0 Å². The number of hydrogen-bond donors (Lipinski definition) is 1. The summed E-state index contributed by atoms with van der Waals surface area (Å²) in [5, 5.41) is 9.52. The van der Waals surface area contributed by atoms with Crippen molar-refractivity contribution in [1.29, 1.82) is 0 Å². The van der Waals surface area contributed by atoms with Gasteiger partial charge in [0.2, 0.25) is 0 Å². The molecular formula is C13H18FNO3. The number of ether oxygens (including phenoxy) is 1.